The maximum Gasteiger partial charge on any atom is 0.260 e. The third-order valence-electron chi connectivity index (χ3n) is 6.34. The second kappa shape index (κ2) is 13.3. The van der Waals surface area contributed by atoms with E-state index in [9.17, 15) is 9.00 Å². The molecule has 1 aliphatic rings. The van der Waals surface area contributed by atoms with E-state index in [4.69, 9.17) is 9.47 Å². The molecule has 1 aliphatic heterocycles. The van der Waals surface area contributed by atoms with E-state index in [-0.39, 0.29) is 12.5 Å². The molecule has 0 bridgehead atoms. The quantitative estimate of drug-likeness (QED) is 0.397. The zero-order chi connectivity index (χ0) is 26.0. The van der Waals surface area contributed by atoms with Crippen molar-refractivity contribution in [2.24, 2.45) is 0 Å². The number of hydrogen-bond donors (Lipinski definition) is 0. The summed E-state index contributed by atoms with van der Waals surface area (Å²) in [6.07, 6.45) is 0.950. The largest absolute Gasteiger partial charge is 0.494 e. The molecule has 8 heteroatoms. The first kappa shape index (κ1) is 26.7. The molecule has 1 fully saturated rings. The molecule has 1 heterocycles. The molecule has 3 aromatic rings. The molecule has 7 nitrogen and oxygen atoms in total. The third kappa shape index (κ3) is 7.57. The van der Waals surface area contributed by atoms with Crippen LogP contribution in [-0.4, -0.2) is 66.4 Å². The van der Waals surface area contributed by atoms with E-state index in [1.807, 2.05) is 54.3 Å². The van der Waals surface area contributed by atoms with Crippen LogP contribution in [0.2, 0.25) is 0 Å². The molecule has 3 aromatic carbocycles. The fourth-order valence-corrected chi connectivity index (χ4v) is 5.28. The fourth-order valence-electron chi connectivity index (χ4n) is 4.28. The van der Waals surface area contributed by atoms with E-state index in [0.717, 1.165) is 44.0 Å². The lowest BCUT2D eigenvalue weighted by atomic mass is 10.2. The molecule has 0 saturated carbocycles. The van der Waals surface area contributed by atoms with Crippen LogP contribution in [0, 0.1) is 0 Å². The van der Waals surface area contributed by atoms with Gasteiger partial charge >= 0.3 is 0 Å². The zero-order valence-corrected chi connectivity index (χ0v) is 22.4. The van der Waals surface area contributed by atoms with E-state index >= 15 is 0 Å². The smallest absolute Gasteiger partial charge is 0.260 e. The van der Waals surface area contributed by atoms with Gasteiger partial charge in [0.25, 0.3) is 5.91 Å². The Balaban J connectivity index is 1.25. The van der Waals surface area contributed by atoms with Crippen molar-refractivity contribution >= 4 is 22.6 Å². The average Bonchev–Trinajstić information content (AvgIpc) is 3.18. The highest BCUT2D eigenvalue weighted by Gasteiger charge is 2.20. The van der Waals surface area contributed by atoms with E-state index in [1.54, 1.807) is 23.5 Å². The van der Waals surface area contributed by atoms with Gasteiger partial charge in [-0.15, -0.1) is 0 Å². The molecular weight excluding hydrogens is 486 g/mol. The third-order valence-corrected chi connectivity index (χ3v) is 7.72. The van der Waals surface area contributed by atoms with E-state index in [0.29, 0.717) is 23.8 Å². The Hall–Kier alpha value is -3.36. The van der Waals surface area contributed by atoms with Crippen LogP contribution in [0.4, 0.5) is 5.69 Å². The van der Waals surface area contributed by atoms with Crippen LogP contribution >= 0.6 is 0 Å². The van der Waals surface area contributed by atoms with Crippen LogP contribution in [0.3, 0.4) is 0 Å². The van der Waals surface area contributed by atoms with Gasteiger partial charge in [-0.05, 0) is 67.4 Å². The van der Waals surface area contributed by atoms with Crippen molar-refractivity contribution in [1.29, 1.82) is 0 Å². The minimum absolute atomic E-state index is 0.000594. The second-order valence-corrected chi connectivity index (χ2v) is 10.4. The first-order valence-electron chi connectivity index (χ1n) is 12.7. The molecule has 4 rings (SSSR count). The number of anilines is 1. The SMILES string of the molecule is CCOc1ccc(S(=O)N(C)c2ccc(OCC(=O)N3CCCN(Cc4ccccc4)CC3)cc2)cc1. The standard InChI is InChI=1S/C29H35N3O4S/c1-3-35-26-14-16-28(17-15-26)37(34)30(2)25-10-12-27(13-11-25)36-23-29(33)32-19-7-18-31(20-21-32)22-24-8-5-4-6-9-24/h4-6,8-17H,3,7,18-23H2,1-2H3. The van der Waals surface area contributed by atoms with Gasteiger partial charge in [-0.2, -0.15) is 0 Å². The highest BCUT2D eigenvalue weighted by molar-refractivity contribution is 7.86. The first-order valence-corrected chi connectivity index (χ1v) is 13.8. The molecule has 0 aromatic heterocycles. The van der Waals surface area contributed by atoms with Gasteiger partial charge in [0, 0.05) is 45.5 Å². The van der Waals surface area contributed by atoms with Crippen LogP contribution in [0.15, 0.2) is 83.8 Å². The van der Waals surface area contributed by atoms with E-state index in [1.165, 1.54) is 5.56 Å². The maximum absolute atomic E-state index is 13.0. The summed E-state index contributed by atoms with van der Waals surface area (Å²) < 4.78 is 25.9. The van der Waals surface area contributed by atoms with Crippen LogP contribution in [0.25, 0.3) is 0 Å². The van der Waals surface area contributed by atoms with Crippen LogP contribution in [0.1, 0.15) is 18.9 Å². The van der Waals surface area contributed by atoms with Gasteiger partial charge in [0.05, 0.1) is 11.5 Å². The predicted molar refractivity (Wildman–Crippen MR) is 147 cm³/mol. The molecule has 1 amide bonds. The molecule has 0 N–H and O–H groups in total. The van der Waals surface area contributed by atoms with Gasteiger partial charge in [-0.3, -0.25) is 14.0 Å². The Bertz CT molecular complexity index is 1160. The fraction of sp³-hybridized carbons (Fsp3) is 0.345. The number of benzene rings is 3. The predicted octanol–water partition coefficient (Wildman–Crippen LogP) is 4.36. The molecule has 0 spiro atoms. The summed E-state index contributed by atoms with van der Waals surface area (Å²) in [5.41, 5.74) is 2.08. The minimum Gasteiger partial charge on any atom is -0.494 e. The summed E-state index contributed by atoms with van der Waals surface area (Å²) in [5.74, 6) is 1.36. The Labute approximate surface area is 222 Å². The van der Waals surface area contributed by atoms with Crippen LogP contribution in [0.5, 0.6) is 11.5 Å². The molecule has 0 aliphatic carbocycles. The summed E-state index contributed by atoms with van der Waals surface area (Å²) in [6.45, 7) is 6.71. The molecule has 1 unspecified atom stereocenters. The van der Waals surface area contributed by atoms with Gasteiger partial charge < -0.3 is 14.4 Å². The zero-order valence-electron chi connectivity index (χ0n) is 21.5. The van der Waals surface area contributed by atoms with Crippen molar-refractivity contribution in [3.63, 3.8) is 0 Å². The van der Waals surface area contributed by atoms with Crippen molar-refractivity contribution in [1.82, 2.24) is 9.80 Å². The van der Waals surface area contributed by atoms with Gasteiger partial charge in [0.1, 0.15) is 11.5 Å². The summed E-state index contributed by atoms with van der Waals surface area (Å²) in [6, 6.07) is 25.0. The van der Waals surface area contributed by atoms with Crippen molar-refractivity contribution in [3.8, 4) is 11.5 Å². The molecular formula is C29H35N3O4S. The van der Waals surface area contributed by atoms with Crippen molar-refractivity contribution < 1.29 is 18.5 Å². The molecule has 1 saturated heterocycles. The number of ether oxygens (including phenoxy) is 2. The Kier molecular flexibility index (Phi) is 9.57. The van der Waals surface area contributed by atoms with E-state index < -0.39 is 11.0 Å². The summed E-state index contributed by atoms with van der Waals surface area (Å²) in [7, 11) is 0.426. The minimum atomic E-state index is -1.36. The van der Waals surface area contributed by atoms with Crippen molar-refractivity contribution in [3.05, 3.63) is 84.4 Å². The lowest BCUT2D eigenvalue weighted by Gasteiger charge is -2.22. The topological polar surface area (TPSA) is 62.3 Å². The normalized spacial score (nSPS) is 15.0. The summed E-state index contributed by atoms with van der Waals surface area (Å²) in [4.78, 5) is 17.8. The highest BCUT2D eigenvalue weighted by atomic mass is 32.2. The summed E-state index contributed by atoms with van der Waals surface area (Å²) in [5, 5.41) is 0. The molecule has 196 valence electrons. The van der Waals surface area contributed by atoms with Crippen LogP contribution in [-0.2, 0) is 22.3 Å². The number of hydrogen-bond acceptors (Lipinski definition) is 5. The number of nitrogens with zero attached hydrogens (tertiary/aromatic N) is 3. The Morgan fingerprint density at radius 2 is 1.54 bits per heavy atom. The number of carbonyl (C=O) groups is 1. The molecule has 0 radical (unpaired) electrons. The monoisotopic (exact) mass is 521 g/mol. The lowest BCUT2D eigenvalue weighted by Crippen LogP contribution is -2.38. The Morgan fingerprint density at radius 3 is 2.24 bits per heavy atom. The number of carbonyl (C=O) groups excluding carboxylic acids is 1. The van der Waals surface area contributed by atoms with Gasteiger partial charge in [0.15, 0.2) is 17.6 Å². The van der Waals surface area contributed by atoms with Gasteiger partial charge in [0.2, 0.25) is 0 Å². The first-order chi connectivity index (χ1) is 18.0. The lowest BCUT2D eigenvalue weighted by molar-refractivity contribution is -0.133. The Morgan fingerprint density at radius 1 is 0.865 bits per heavy atom. The second-order valence-electron chi connectivity index (χ2n) is 8.93. The van der Waals surface area contributed by atoms with Gasteiger partial charge in [-0.1, -0.05) is 30.3 Å². The average molecular weight is 522 g/mol. The van der Waals surface area contributed by atoms with Gasteiger partial charge in [-0.25, -0.2) is 4.21 Å². The number of rotatable bonds is 10. The molecule has 37 heavy (non-hydrogen) atoms. The van der Waals surface area contributed by atoms with Crippen molar-refractivity contribution in [2.45, 2.75) is 24.8 Å². The number of amides is 1. The molecule has 1 atom stereocenters. The van der Waals surface area contributed by atoms with Crippen LogP contribution < -0.4 is 13.8 Å². The van der Waals surface area contributed by atoms with E-state index in [2.05, 4.69) is 29.2 Å². The summed E-state index contributed by atoms with van der Waals surface area (Å²) >= 11 is 0. The maximum atomic E-state index is 13.0. The highest BCUT2D eigenvalue weighted by Crippen LogP contribution is 2.23. The van der Waals surface area contributed by atoms with Crippen molar-refractivity contribution in [2.75, 3.05) is 50.7 Å².